The first-order valence-corrected chi connectivity index (χ1v) is 7.24. The molecule has 1 aromatic heterocycles. The molecule has 1 aromatic carbocycles. The lowest BCUT2D eigenvalue weighted by atomic mass is 9.71. The highest BCUT2D eigenvalue weighted by Crippen LogP contribution is 2.50. The van der Waals surface area contributed by atoms with Crippen LogP contribution in [0.4, 0.5) is 0 Å². The molecule has 0 aliphatic carbocycles. The second-order valence-corrected chi connectivity index (χ2v) is 6.29. The number of benzene rings is 1. The number of ether oxygens (including phenoxy) is 2. The van der Waals surface area contributed by atoms with Crippen molar-refractivity contribution < 1.29 is 9.47 Å². The van der Waals surface area contributed by atoms with Crippen LogP contribution in [0.1, 0.15) is 30.9 Å². The molecule has 0 saturated carbocycles. The Morgan fingerprint density at radius 3 is 2.77 bits per heavy atom. The maximum Gasteiger partial charge on any atom is 0.328 e. The van der Waals surface area contributed by atoms with Gasteiger partial charge in [-0.2, -0.15) is 0 Å². The zero-order valence-electron chi connectivity index (χ0n) is 12.3. The van der Waals surface area contributed by atoms with Crippen LogP contribution in [0.5, 0.6) is 11.6 Å². The molecule has 0 radical (unpaired) electrons. The molecule has 22 heavy (non-hydrogen) atoms. The normalized spacial score (nSPS) is 24.3. The molecule has 2 aliphatic heterocycles. The summed E-state index contributed by atoms with van der Waals surface area (Å²) in [6, 6.07) is 7.68. The van der Waals surface area contributed by atoms with Gasteiger partial charge < -0.3 is 9.47 Å². The average Bonchev–Trinajstić information content (AvgIpc) is 2.45. The minimum atomic E-state index is -0.557. The smallest absolute Gasteiger partial charge is 0.328 e. The Labute approximate surface area is 126 Å². The number of para-hydroxylation sites is 1. The lowest BCUT2D eigenvalue weighted by Gasteiger charge is -2.46. The number of hydrogen-bond donors (Lipinski definition) is 2. The third-order valence-electron chi connectivity index (χ3n) is 4.59. The van der Waals surface area contributed by atoms with Gasteiger partial charge in [-0.1, -0.05) is 18.2 Å². The summed E-state index contributed by atoms with van der Waals surface area (Å²) < 4.78 is 11.8. The highest BCUT2D eigenvalue weighted by atomic mass is 16.5. The van der Waals surface area contributed by atoms with Crippen LogP contribution < -0.4 is 20.7 Å². The first-order valence-electron chi connectivity index (χ1n) is 7.24. The van der Waals surface area contributed by atoms with E-state index >= 15 is 0 Å². The molecule has 2 aromatic rings. The van der Waals surface area contributed by atoms with Crippen molar-refractivity contribution in [1.82, 2.24) is 9.97 Å². The standard InChI is InChI=1S/C16H16N2O4/c1-16(2)9-7-21-10-6-4-3-5-8(10)11(9)12-13(19)17-15(20)18-14(12)22-16/h3-6,9,11H,7H2,1-2H3,(H2,17,18,19,20)/t9-,11+/m0/s1. The van der Waals surface area contributed by atoms with Crippen LogP contribution in [0.25, 0.3) is 0 Å². The van der Waals surface area contributed by atoms with Crippen molar-refractivity contribution in [2.75, 3.05) is 6.61 Å². The minimum absolute atomic E-state index is 0.0121. The number of nitrogens with one attached hydrogen (secondary N) is 2. The van der Waals surface area contributed by atoms with Crippen LogP contribution in [0, 0.1) is 5.92 Å². The van der Waals surface area contributed by atoms with Gasteiger partial charge in [-0.15, -0.1) is 0 Å². The van der Waals surface area contributed by atoms with E-state index < -0.39 is 16.9 Å². The summed E-state index contributed by atoms with van der Waals surface area (Å²) in [7, 11) is 0. The Hall–Kier alpha value is -2.50. The SMILES string of the molecule is CC1(C)Oc2[nH]c(=O)[nH]c(=O)c2[C@@H]2c3ccccc3OC[C@@H]21. The lowest BCUT2D eigenvalue weighted by Crippen LogP contribution is -2.51. The van der Waals surface area contributed by atoms with Gasteiger partial charge in [-0.3, -0.25) is 14.8 Å². The van der Waals surface area contributed by atoms with Gasteiger partial charge in [-0.05, 0) is 19.9 Å². The second-order valence-electron chi connectivity index (χ2n) is 6.29. The molecule has 2 atom stereocenters. The first kappa shape index (κ1) is 13.2. The summed E-state index contributed by atoms with van der Waals surface area (Å²) in [5.74, 6) is 0.862. The number of aromatic amines is 2. The fraction of sp³-hybridized carbons (Fsp3) is 0.375. The van der Waals surface area contributed by atoms with Crippen molar-refractivity contribution in [3.63, 3.8) is 0 Å². The minimum Gasteiger partial charge on any atom is -0.493 e. The quantitative estimate of drug-likeness (QED) is 0.769. The first-order chi connectivity index (χ1) is 10.5. The lowest BCUT2D eigenvalue weighted by molar-refractivity contribution is -0.0184. The third kappa shape index (κ3) is 1.73. The maximum absolute atomic E-state index is 12.4. The number of rotatable bonds is 0. The number of hydrogen-bond acceptors (Lipinski definition) is 4. The number of aromatic nitrogens is 2. The molecule has 2 N–H and O–H groups in total. The van der Waals surface area contributed by atoms with Crippen LogP contribution in [-0.2, 0) is 0 Å². The van der Waals surface area contributed by atoms with E-state index in [-0.39, 0.29) is 17.7 Å². The Kier molecular flexibility index (Phi) is 2.55. The highest BCUT2D eigenvalue weighted by Gasteiger charge is 2.49. The zero-order valence-corrected chi connectivity index (χ0v) is 12.3. The fourth-order valence-electron chi connectivity index (χ4n) is 3.50. The molecule has 3 heterocycles. The van der Waals surface area contributed by atoms with Crippen LogP contribution in [-0.4, -0.2) is 22.2 Å². The predicted molar refractivity (Wildman–Crippen MR) is 79.7 cm³/mol. The van der Waals surface area contributed by atoms with Crippen molar-refractivity contribution in [1.29, 1.82) is 0 Å². The Bertz CT molecular complexity index is 865. The van der Waals surface area contributed by atoms with E-state index in [1.54, 1.807) is 0 Å². The topological polar surface area (TPSA) is 84.2 Å². The van der Waals surface area contributed by atoms with Gasteiger partial charge >= 0.3 is 5.69 Å². The Morgan fingerprint density at radius 1 is 1.18 bits per heavy atom. The Balaban J connectivity index is 2.04. The summed E-state index contributed by atoms with van der Waals surface area (Å²) in [6.07, 6.45) is 0. The molecule has 2 aliphatic rings. The molecular weight excluding hydrogens is 284 g/mol. The van der Waals surface area contributed by atoms with Crippen molar-refractivity contribution in [3.8, 4) is 11.6 Å². The van der Waals surface area contributed by atoms with Gasteiger partial charge in [0.15, 0.2) is 0 Å². The molecule has 0 fully saturated rings. The number of fused-ring (bicyclic) bond motifs is 5. The highest BCUT2D eigenvalue weighted by molar-refractivity contribution is 5.48. The van der Waals surface area contributed by atoms with Crippen LogP contribution >= 0.6 is 0 Å². The van der Waals surface area contributed by atoms with Crippen molar-refractivity contribution in [3.05, 3.63) is 56.2 Å². The van der Waals surface area contributed by atoms with Gasteiger partial charge in [-0.25, -0.2) is 4.79 Å². The summed E-state index contributed by atoms with van der Waals surface area (Å²) in [4.78, 5) is 28.8. The van der Waals surface area contributed by atoms with Gasteiger partial charge in [0.1, 0.15) is 11.4 Å². The zero-order chi connectivity index (χ0) is 15.5. The average molecular weight is 300 g/mol. The van der Waals surface area contributed by atoms with E-state index in [0.29, 0.717) is 12.2 Å². The second kappa shape index (κ2) is 4.25. The van der Waals surface area contributed by atoms with Gasteiger partial charge in [0.2, 0.25) is 5.88 Å². The van der Waals surface area contributed by atoms with Gasteiger partial charge in [0, 0.05) is 17.4 Å². The number of H-pyrrole nitrogens is 2. The van der Waals surface area contributed by atoms with Crippen LogP contribution in [0.3, 0.4) is 0 Å². The van der Waals surface area contributed by atoms with Crippen molar-refractivity contribution >= 4 is 0 Å². The van der Waals surface area contributed by atoms with E-state index in [1.165, 1.54) is 0 Å². The van der Waals surface area contributed by atoms with Crippen molar-refractivity contribution in [2.24, 2.45) is 5.92 Å². The molecule has 0 saturated heterocycles. The fourth-order valence-corrected chi connectivity index (χ4v) is 3.50. The predicted octanol–water partition coefficient (Wildman–Crippen LogP) is 1.37. The summed E-state index contributed by atoms with van der Waals surface area (Å²) in [6.45, 7) is 4.36. The van der Waals surface area contributed by atoms with Crippen LogP contribution in [0.2, 0.25) is 0 Å². The maximum atomic E-state index is 12.4. The van der Waals surface area contributed by atoms with E-state index in [4.69, 9.17) is 9.47 Å². The van der Waals surface area contributed by atoms with E-state index in [1.807, 2.05) is 38.1 Å². The molecule has 4 rings (SSSR count). The largest absolute Gasteiger partial charge is 0.493 e. The summed E-state index contributed by atoms with van der Waals surface area (Å²) in [5.41, 5.74) is -0.0880. The van der Waals surface area contributed by atoms with E-state index in [0.717, 1.165) is 11.3 Å². The third-order valence-corrected chi connectivity index (χ3v) is 4.59. The molecule has 114 valence electrons. The van der Waals surface area contributed by atoms with Gasteiger partial charge in [0.05, 0.1) is 12.2 Å². The van der Waals surface area contributed by atoms with Crippen LogP contribution in [0.15, 0.2) is 33.9 Å². The molecule has 0 bridgehead atoms. The molecule has 0 unspecified atom stereocenters. The molecule has 6 nitrogen and oxygen atoms in total. The summed E-state index contributed by atoms with van der Waals surface area (Å²) in [5, 5.41) is 0. The molecular formula is C16H16N2O4. The monoisotopic (exact) mass is 300 g/mol. The summed E-state index contributed by atoms with van der Waals surface area (Å²) >= 11 is 0. The molecule has 0 spiro atoms. The van der Waals surface area contributed by atoms with Crippen molar-refractivity contribution in [2.45, 2.75) is 25.4 Å². The van der Waals surface area contributed by atoms with E-state index in [9.17, 15) is 9.59 Å². The molecule has 0 amide bonds. The molecule has 6 heteroatoms. The van der Waals surface area contributed by atoms with E-state index in [2.05, 4.69) is 9.97 Å². The van der Waals surface area contributed by atoms with Gasteiger partial charge in [0.25, 0.3) is 5.56 Å². The Morgan fingerprint density at radius 2 is 1.95 bits per heavy atom.